The fraction of sp³-hybridized carbons (Fsp3) is 0.235. The van der Waals surface area contributed by atoms with Crippen molar-refractivity contribution in [3.05, 3.63) is 64.7 Å². The average Bonchev–Trinajstić information content (AvgIpc) is 2.44. The Balaban J connectivity index is 1.58. The summed E-state index contributed by atoms with van der Waals surface area (Å²) in [6.45, 7) is 0. The van der Waals surface area contributed by atoms with Crippen LogP contribution in [0, 0.1) is 0 Å². The van der Waals surface area contributed by atoms with Crippen molar-refractivity contribution < 1.29 is 4.79 Å². The summed E-state index contributed by atoms with van der Waals surface area (Å²) >= 11 is 5.90. The van der Waals surface area contributed by atoms with E-state index >= 15 is 0 Å². The van der Waals surface area contributed by atoms with E-state index < -0.39 is 5.91 Å². The molecule has 21 heavy (non-hydrogen) atoms. The fourth-order valence-corrected chi connectivity index (χ4v) is 2.87. The molecule has 0 bridgehead atoms. The van der Waals surface area contributed by atoms with E-state index in [1.54, 1.807) is 12.1 Å². The number of hydrogen-bond donors (Lipinski definition) is 2. The van der Waals surface area contributed by atoms with Crippen LogP contribution in [0.25, 0.3) is 0 Å². The van der Waals surface area contributed by atoms with Crippen LogP contribution in [0.5, 0.6) is 0 Å². The maximum absolute atomic E-state index is 11.2. The minimum atomic E-state index is -0.397. The van der Waals surface area contributed by atoms with Crippen molar-refractivity contribution in [3.8, 4) is 0 Å². The Morgan fingerprint density at radius 3 is 2.52 bits per heavy atom. The first kappa shape index (κ1) is 14.0. The average molecular weight is 301 g/mol. The quantitative estimate of drug-likeness (QED) is 0.902. The Bertz CT molecular complexity index is 648. The minimum absolute atomic E-state index is 0.397. The largest absolute Gasteiger partial charge is 0.382 e. The van der Waals surface area contributed by atoms with E-state index in [1.807, 2.05) is 24.3 Å². The lowest BCUT2D eigenvalue weighted by Crippen LogP contribution is -2.34. The molecule has 0 atom stereocenters. The van der Waals surface area contributed by atoms with E-state index in [1.165, 1.54) is 5.56 Å². The van der Waals surface area contributed by atoms with Gasteiger partial charge in [-0.2, -0.15) is 0 Å². The van der Waals surface area contributed by atoms with Crippen molar-refractivity contribution in [2.45, 2.75) is 24.8 Å². The molecule has 2 aromatic rings. The Morgan fingerprint density at radius 1 is 1.14 bits per heavy atom. The number of nitrogens with one attached hydrogen (secondary N) is 1. The molecule has 1 amide bonds. The predicted octanol–water partition coefficient (Wildman–Crippen LogP) is 3.80. The standard InChI is InChI=1S/C17H17ClN2O/c18-14-6-4-11(5-7-14)13-9-16(10-13)20-15-3-1-2-12(8-15)17(19)21/h1-8,13,16,20H,9-10H2,(H2,19,21). The van der Waals surface area contributed by atoms with Crippen molar-refractivity contribution in [2.24, 2.45) is 5.73 Å². The zero-order valence-corrected chi connectivity index (χ0v) is 12.3. The van der Waals surface area contributed by atoms with Gasteiger partial charge < -0.3 is 11.1 Å². The third-order valence-corrected chi connectivity index (χ3v) is 4.25. The molecular weight excluding hydrogens is 284 g/mol. The normalized spacial score (nSPS) is 20.6. The first-order chi connectivity index (χ1) is 10.1. The van der Waals surface area contributed by atoms with Gasteiger partial charge in [0.05, 0.1) is 0 Å². The Morgan fingerprint density at radius 2 is 1.86 bits per heavy atom. The molecule has 3 N–H and O–H groups in total. The van der Waals surface area contributed by atoms with E-state index in [0.29, 0.717) is 17.5 Å². The van der Waals surface area contributed by atoms with E-state index in [-0.39, 0.29) is 0 Å². The first-order valence-electron chi connectivity index (χ1n) is 7.03. The third kappa shape index (κ3) is 3.19. The number of carbonyl (C=O) groups excluding carboxylic acids is 1. The van der Waals surface area contributed by atoms with Gasteiger partial charge in [-0.05, 0) is 54.7 Å². The van der Waals surface area contributed by atoms with Crippen LogP contribution in [0.15, 0.2) is 48.5 Å². The molecule has 3 nitrogen and oxygen atoms in total. The number of carbonyl (C=O) groups is 1. The van der Waals surface area contributed by atoms with Gasteiger partial charge >= 0.3 is 0 Å². The Kier molecular flexibility index (Phi) is 3.84. The van der Waals surface area contributed by atoms with Crippen molar-refractivity contribution in [2.75, 3.05) is 5.32 Å². The van der Waals surface area contributed by atoms with Crippen LogP contribution in [0.1, 0.15) is 34.7 Å². The molecule has 0 spiro atoms. The summed E-state index contributed by atoms with van der Waals surface area (Å²) in [5, 5.41) is 4.22. The highest BCUT2D eigenvalue weighted by Crippen LogP contribution is 2.38. The molecule has 108 valence electrons. The smallest absolute Gasteiger partial charge is 0.248 e. The zero-order valence-electron chi connectivity index (χ0n) is 11.6. The Labute approximate surface area is 129 Å². The monoisotopic (exact) mass is 300 g/mol. The van der Waals surface area contributed by atoms with Crippen molar-refractivity contribution in [1.29, 1.82) is 0 Å². The van der Waals surface area contributed by atoms with Gasteiger partial charge in [0.25, 0.3) is 0 Å². The number of hydrogen-bond acceptors (Lipinski definition) is 2. The van der Waals surface area contributed by atoms with Gasteiger partial charge in [-0.15, -0.1) is 0 Å². The van der Waals surface area contributed by atoms with Crippen LogP contribution in [0.2, 0.25) is 5.02 Å². The number of anilines is 1. The van der Waals surface area contributed by atoms with E-state index in [4.69, 9.17) is 17.3 Å². The molecule has 0 heterocycles. The highest BCUT2D eigenvalue weighted by Gasteiger charge is 2.30. The van der Waals surface area contributed by atoms with Gasteiger partial charge in [0, 0.05) is 22.3 Å². The number of benzene rings is 2. The van der Waals surface area contributed by atoms with Gasteiger partial charge in [0.2, 0.25) is 5.91 Å². The van der Waals surface area contributed by atoms with E-state index in [0.717, 1.165) is 23.6 Å². The van der Waals surface area contributed by atoms with E-state index in [2.05, 4.69) is 17.4 Å². The van der Waals surface area contributed by atoms with Gasteiger partial charge in [0.1, 0.15) is 0 Å². The van der Waals surface area contributed by atoms with Gasteiger partial charge in [-0.3, -0.25) is 4.79 Å². The SMILES string of the molecule is NC(=O)c1cccc(NC2CC(c3ccc(Cl)cc3)C2)c1. The molecule has 0 aliphatic heterocycles. The lowest BCUT2D eigenvalue weighted by atomic mass is 9.76. The second-order valence-electron chi connectivity index (χ2n) is 5.51. The topological polar surface area (TPSA) is 55.1 Å². The second kappa shape index (κ2) is 5.78. The number of rotatable bonds is 4. The lowest BCUT2D eigenvalue weighted by Gasteiger charge is -2.37. The van der Waals surface area contributed by atoms with Crippen LogP contribution >= 0.6 is 11.6 Å². The summed E-state index contributed by atoms with van der Waals surface area (Å²) in [5.74, 6) is 0.186. The molecule has 0 unspecified atom stereocenters. The van der Waals surface area contributed by atoms with Crippen LogP contribution in [0.4, 0.5) is 5.69 Å². The molecule has 0 radical (unpaired) electrons. The fourth-order valence-electron chi connectivity index (χ4n) is 2.74. The number of halogens is 1. The lowest BCUT2D eigenvalue weighted by molar-refractivity contribution is 0.100. The summed E-state index contributed by atoms with van der Waals surface area (Å²) in [6, 6.07) is 15.8. The van der Waals surface area contributed by atoms with Crippen molar-refractivity contribution in [1.82, 2.24) is 0 Å². The maximum Gasteiger partial charge on any atom is 0.248 e. The van der Waals surface area contributed by atoms with Crippen LogP contribution < -0.4 is 11.1 Å². The highest BCUT2D eigenvalue weighted by molar-refractivity contribution is 6.30. The molecule has 1 fully saturated rings. The van der Waals surface area contributed by atoms with Crippen molar-refractivity contribution in [3.63, 3.8) is 0 Å². The molecule has 1 aliphatic carbocycles. The van der Waals surface area contributed by atoms with Crippen LogP contribution in [0.3, 0.4) is 0 Å². The van der Waals surface area contributed by atoms with Crippen LogP contribution in [-0.2, 0) is 0 Å². The summed E-state index contributed by atoms with van der Waals surface area (Å²) in [7, 11) is 0. The van der Waals surface area contributed by atoms with Crippen LogP contribution in [-0.4, -0.2) is 11.9 Å². The number of amides is 1. The molecule has 3 rings (SSSR count). The third-order valence-electron chi connectivity index (χ3n) is 4.00. The number of nitrogens with two attached hydrogens (primary N) is 1. The van der Waals surface area contributed by atoms with E-state index in [9.17, 15) is 4.79 Å². The molecule has 0 saturated heterocycles. The zero-order chi connectivity index (χ0) is 14.8. The summed E-state index contributed by atoms with van der Waals surface area (Å²) in [6.07, 6.45) is 2.17. The summed E-state index contributed by atoms with van der Waals surface area (Å²) in [4.78, 5) is 11.2. The van der Waals surface area contributed by atoms with Crippen molar-refractivity contribution >= 4 is 23.2 Å². The summed E-state index contributed by atoms with van der Waals surface area (Å²) < 4.78 is 0. The molecule has 1 aliphatic rings. The molecule has 2 aromatic carbocycles. The van der Waals surface area contributed by atoms with Gasteiger partial charge in [-0.25, -0.2) is 0 Å². The first-order valence-corrected chi connectivity index (χ1v) is 7.41. The molecular formula is C17H17ClN2O. The predicted molar refractivity (Wildman–Crippen MR) is 85.8 cm³/mol. The molecule has 0 aromatic heterocycles. The van der Waals surface area contributed by atoms with Gasteiger partial charge in [0.15, 0.2) is 0 Å². The second-order valence-corrected chi connectivity index (χ2v) is 5.94. The molecule has 1 saturated carbocycles. The molecule has 4 heteroatoms. The highest BCUT2D eigenvalue weighted by atomic mass is 35.5. The minimum Gasteiger partial charge on any atom is -0.382 e. The van der Waals surface area contributed by atoms with Gasteiger partial charge in [-0.1, -0.05) is 29.8 Å². The number of primary amides is 1. The Hall–Kier alpha value is -2.00. The maximum atomic E-state index is 11.2. The summed E-state index contributed by atoms with van der Waals surface area (Å²) in [5.41, 5.74) is 8.11.